The molecule has 2 aromatic carbocycles. The van der Waals surface area contributed by atoms with Crippen molar-refractivity contribution in [2.24, 2.45) is 5.16 Å². The summed E-state index contributed by atoms with van der Waals surface area (Å²) in [6.07, 6.45) is 1.32. The highest BCUT2D eigenvalue weighted by atomic mass is 19.1. The predicted octanol–water partition coefficient (Wildman–Crippen LogP) is 3.09. The lowest BCUT2D eigenvalue weighted by atomic mass is 10.2. The SMILES string of the molecule is ON=Cc1cccc(OCCOc2ccc(F)cc2)c1. The summed E-state index contributed by atoms with van der Waals surface area (Å²) in [5, 5.41) is 11.4. The van der Waals surface area contributed by atoms with Crippen molar-refractivity contribution in [2.75, 3.05) is 13.2 Å². The molecule has 0 amide bonds. The van der Waals surface area contributed by atoms with Gasteiger partial charge in [0.2, 0.25) is 0 Å². The van der Waals surface area contributed by atoms with Crippen molar-refractivity contribution in [1.82, 2.24) is 0 Å². The molecular weight excluding hydrogens is 261 g/mol. The van der Waals surface area contributed by atoms with Crippen molar-refractivity contribution in [3.8, 4) is 11.5 Å². The lowest BCUT2D eigenvalue weighted by Gasteiger charge is -2.08. The first-order chi connectivity index (χ1) is 9.78. The standard InChI is InChI=1S/C15H14FNO3/c16-13-4-6-14(7-5-13)19-8-9-20-15-3-1-2-12(10-15)11-17-18/h1-7,10-11,18H,8-9H2. The maximum Gasteiger partial charge on any atom is 0.123 e. The molecule has 0 radical (unpaired) electrons. The summed E-state index contributed by atoms with van der Waals surface area (Å²) in [6.45, 7) is 0.709. The highest BCUT2D eigenvalue weighted by Crippen LogP contribution is 2.13. The van der Waals surface area contributed by atoms with Gasteiger partial charge in [0.15, 0.2) is 0 Å². The normalized spacial score (nSPS) is 10.7. The van der Waals surface area contributed by atoms with Gasteiger partial charge in [0.1, 0.15) is 30.5 Å². The van der Waals surface area contributed by atoms with Crippen LogP contribution in [0.2, 0.25) is 0 Å². The fourth-order valence-electron chi connectivity index (χ4n) is 1.60. The van der Waals surface area contributed by atoms with E-state index >= 15 is 0 Å². The number of rotatable bonds is 6. The Morgan fingerprint density at radius 1 is 1.00 bits per heavy atom. The van der Waals surface area contributed by atoms with Gasteiger partial charge >= 0.3 is 0 Å². The minimum Gasteiger partial charge on any atom is -0.490 e. The van der Waals surface area contributed by atoms with Gasteiger partial charge in [0, 0.05) is 0 Å². The smallest absolute Gasteiger partial charge is 0.123 e. The first kappa shape index (κ1) is 13.9. The quantitative estimate of drug-likeness (QED) is 0.381. The van der Waals surface area contributed by atoms with Crippen molar-refractivity contribution < 1.29 is 19.1 Å². The third-order valence-electron chi connectivity index (χ3n) is 2.50. The summed E-state index contributed by atoms with van der Waals surface area (Å²) in [5.41, 5.74) is 0.740. The Bertz CT molecular complexity index is 570. The topological polar surface area (TPSA) is 51.1 Å². The van der Waals surface area contributed by atoms with Crippen LogP contribution in [0.3, 0.4) is 0 Å². The van der Waals surface area contributed by atoms with Crippen LogP contribution in [0.4, 0.5) is 4.39 Å². The molecule has 0 aromatic heterocycles. The van der Waals surface area contributed by atoms with Crippen molar-refractivity contribution >= 4 is 6.21 Å². The molecule has 104 valence electrons. The third-order valence-corrected chi connectivity index (χ3v) is 2.50. The van der Waals surface area contributed by atoms with Crippen LogP contribution in [0, 0.1) is 5.82 Å². The Kier molecular flexibility index (Phi) is 4.94. The van der Waals surface area contributed by atoms with Crippen molar-refractivity contribution in [3.05, 3.63) is 59.9 Å². The fraction of sp³-hybridized carbons (Fsp3) is 0.133. The lowest BCUT2D eigenvalue weighted by molar-refractivity contribution is 0.217. The number of benzene rings is 2. The molecule has 0 saturated carbocycles. The molecule has 0 atom stereocenters. The second kappa shape index (κ2) is 7.13. The van der Waals surface area contributed by atoms with E-state index < -0.39 is 0 Å². The van der Waals surface area contributed by atoms with Crippen LogP contribution in [0.15, 0.2) is 53.7 Å². The van der Waals surface area contributed by atoms with Crippen LogP contribution in [0.25, 0.3) is 0 Å². The van der Waals surface area contributed by atoms with Gasteiger partial charge in [-0.2, -0.15) is 0 Å². The van der Waals surface area contributed by atoms with E-state index in [0.29, 0.717) is 24.7 Å². The van der Waals surface area contributed by atoms with Gasteiger partial charge in [-0.3, -0.25) is 0 Å². The zero-order valence-electron chi connectivity index (χ0n) is 10.7. The van der Waals surface area contributed by atoms with Gasteiger partial charge in [-0.1, -0.05) is 17.3 Å². The van der Waals surface area contributed by atoms with E-state index in [1.54, 1.807) is 36.4 Å². The molecular formula is C15H14FNO3. The number of hydrogen-bond donors (Lipinski definition) is 1. The molecule has 5 heteroatoms. The summed E-state index contributed by atoms with van der Waals surface area (Å²) in [5.74, 6) is 0.956. The van der Waals surface area contributed by atoms with Crippen LogP contribution < -0.4 is 9.47 Å². The molecule has 0 aliphatic rings. The summed E-state index contributed by atoms with van der Waals surface area (Å²) >= 11 is 0. The maximum absolute atomic E-state index is 12.7. The van der Waals surface area contributed by atoms with Crippen molar-refractivity contribution in [2.45, 2.75) is 0 Å². The first-order valence-electron chi connectivity index (χ1n) is 6.06. The molecule has 0 fully saturated rings. The van der Waals surface area contributed by atoms with Gasteiger partial charge in [-0.25, -0.2) is 4.39 Å². The van der Waals surface area contributed by atoms with Crippen LogP contribution in [-0.2, 0) is 0 Å². The summed E-state index contributed by atoms with van der Waals surface area (Å²) in [7, 11) is 0. The van der Waals surface area contributed by atoms with Crippen LogP contribution in [-0.4, -0.2) is 24.6 Å². The zero-order chi connectivity index (χ0) is 14.2. The van der Waals surface area contributed by atoms with E-state index in [0.717, 1.165) is 5.56 Å². The molecule has 0 bridgehead atoms. The van der Waals surface area contributed by atoms with Gasteiger partial charge in [0.05, 0.1) is 6.21 Å². The Balaban J connectivity index is 1.78. The van der Waals surface area contributed by atoms with Crippen LogP contribution in [0.5, 0.6) is 11.5 Å². The second-order valence-electron chi connectivity index (χ2n) is 3.97. The van der Waals surface area contributed by atoms with E-state index in [9.17, 15) is 4.39 Å². The van der Waals surface area contributed by atoms with E-state index in [4.69, 9.17) is 14.7 Å². The Hall–Kier alpha value is -2.56. The molecule has 0 spiro atoms. The molecule has 0 aliphatic carbocycles. The average Bonchev–Trinajstić information content (AvgIpc) is 2.46. The molecule has 0 unspecified atom stereocenters. The summed E-state index contributed by atoms with van der Waals surface area (Å²) in [6, 6.07) is 12.9. The van der Waals surface area contributed by atoms with E-state index in [2.05, 4.69) is 5.16 Å². The Morgan fingerprint density at radius 2 is 1.70 bits per heavy atom. The third kappa shape index (κ3) is 4.28. The van der Waals surface area contributed by atoms with E-state index in [1.165, 1.54) is 18.3 Å². The molecule has 0 heterocycles. The molecule has 4 nitrogen and oxygen atoms in total. The van der Waals surface area contributed by atoms with Gasteiger partial charge in [-0.15, -0.1) is 0 Å². The number of halogens is 1. The molecule has 20 heavy (non-hydrogen) atoms. The number of nitrogens with zero attached hydrogens (tertiary/aromatic N) is 1. The molecule has 0 aliphatic heterocycles. The Labute approximate surface area is 116 Å². The van der Waals surface area contributed by atoms with Crippen molar-refractivity contribution in [1.29, 1.82) is 0 Å². The first-order valence-corrected chi connectivity index (χ1v) is 6.06. The second-order valence-corrected chi connectivity index (χ2v) is 3.97. The van der Waals surface area contributed by atoms with E-state index in [1.807, 2.05) is 0 Å². The summed E-state index contributed by atoms with van der Waals surface area (Å²) in [4.78, 5) is 0. The highest BCUT2D eigenvalue weighted by molar-refractivity contribution is 5.79. The van der Waals surface area contributed by atoms with E-state index in [-0.39, 0.29) is 5.82 Å². The Morgan fingerprint density at radius 3 is 2.40 bits per heavy atom. The highest BCUT2D eigenvalue weighted by Gasteiger charge is 1.97. The number of oxime groups is 1. The van der Waals surface area contributed by atoms with Gasteiger partial charge in [0.25, 0.3) is 0 Å². The average molecular weight is 275 g/mol. The molecule has 2 rings (SSSR count). The zero-order valence-corrected chi connectivity index (χ0v) is 10.7. The number of hydrogen-bond acceptors (Lipinski definition) is 4. The lowest BCUT2D eigenvalue weighted by Crippen LogP contribution is -2.09. The molecule has 1 N–H and O–H groups in total. The molecule has 0 saturated heterocycles. The maximum atomic E-state index is 12.7. The summed E-state index contributed by atoms with van der Waals surface area (Å²) < 4.78 is 23.6. The van der Waals surface area contributed by atoms with Gasteiger partial charge in [-0.05, 0) is 42.0 Å². The molecule has 2 aromatic rings. The van der Waals surface area contributed by atoms with Crippen LogP contribution >= 0.6 is 0 Å². The predicted molar refractivity (Wildman–Crippen MR) is 73.2 cm³/mol. The minimum absolute atomic E-state index is 0.295. The fourth-order valence-corrected chi connectivity index (χ4v) is 1.60. The monoisotopic (exact) mass is 275 g/mol. The van der Waals surface area contributed by atoms with Crippen molar-refractivity contribution in [3.63, 3.8) is 0 Å². The minimum atomic E-state index is -0.295. The largest absolute Gasteiger partial charge is 0.490 e. The number of ether oxygens (including phenoxy) is 2. The van der Waals surface area contributed by atoms with Gasteiger partial charge < -0.3 is 14.7 Å². The van der Waals surface area contributed by atoms with Crippen LogP contribution in [0.1, 0.15) is 5.56 Å².